The third-order valence-corrected chi connectivity index (χ3v) is 6.32. The number of benzene rings is 3. The summed E-state index contributed by atoms with van der Waals surface area (Å²) in [7, 11) is 6.04. The summed E-state index contributed by atoms with van der Waals surface area (Å²) in [6.07, 6.45) is -1.06. The fourth-order valence-corrected chi connectivity index (χ4v) is 4.60. The molecule has 0 saturated heterocycles. The fourth-order valence-electron chi connectivity index (χ4n) is 4.60. The van der Waals surface area contributed by atoms with Crippen LogP contribution in [0.15, 0.2) is 69.9 Å². The van der Waals surface area contributed by atoms with Crippen LogP contribution in [0.1, 0.15) is 17.0 Å². The molecule has 0 spiro atoms. The van der Waals surface area contributed by atoms with E-state index in [2.05, 4.69) is 5.32 Å². The number of hydrogen-bond donors (Lipinski definition) is 1. The molecular formula is C28H25NO8. The SMILES string of the molecule is COc1ccc([C@@H]2c3c(c4ccccc4oc3=O)O[C@@H]2C(=O)Nc2cc(OC)c(OC)c(OC)c2)cc1. The fraction of sp³-hybridized carbons (Fsp3) is 0.214. The van der Waals surface area contributed by atoms with Crippen molar-refractivity contribution < 1.29 is 32.9 Å². The highest BCUT2D eigenvalue weighted by Gasteiger charge is 2.44. The van der Waals surface area contributed by atoms with Gasteiger partial charge in [-0.15, -0.1) is 0 Å². The van der Waals surface area contributed by atoms with Crippen molar-refractivity contribution in [3.8, 4) is 28.7 Å². The molecular weight excluding hydrogens is 478 g/mol. The number of para-hydroxylation sites is 1. The molecule has 1 aromatic heterocycles. The Morgan fingerprint density at radius 3 is 2.16 bits per heavy atom. The molecule has 37 heavy (non-hydrogen) atoms. The summed E-state index contributed by atoms with van der Waals surface area (Å²) < 4.78 is 33.3. The van der Waals surface area contributed by atoms with Gasteiger partial charge in [-0.3, -0.25) is 4.79 Å². The zero-order valence-electron chi connectivity index (χ0n) is 20.7. The minimum atomic E-state index is -1.06. The number of amides is 1. The summed E-state index contributed by atoms with van der Waals surface area (Å²) in [4.78, 5) is 26.8. The van der Waals surface area contributed by atoms with Crippen LogP contribution in [0.3, 0.4) is 0 Å². The molecule has 0 aliphatic carbocycles. The van der Waals surface area contributed by atoms with Crippen molar-refractivity contribution in [1.82, 2.24) is 0 Å². The predicted octanol–water partition coefficient (Wildman–Crippen LogP) is 4.36. The molecule has 9 nitrogen and oxygen atoms in total. The second-order valence-corrected chi connectivity index (χ2v) is 8.32. The molecule has 0 radical (unpaired) electrons. The van der Waals surface area contributed by atoms with Gasteiger partial charge in [0.05, 0.1) is 45.3 Å². The molecule has 2 heterocycles. The van der Waals surface area contributed by atoms with E-state index in [-0.39, 0.29) is 5.56 Å². The third-order valence-electron chi connectivity index (χ3n) is 6.32. The van der Waals surface area contributed by atoms with Gasteiger partial charge >= 0.3 is 5.63 Å². The maximum Gasteiger partial charge on any atom is 0.344 e. The minimum Gasteiger partial charge on any atom is -0.497 e. The van der Waals surface area contributed by atoms with Crippen LogP contribution in [-0.4, -0.2) is 40.5 Å². The molecule has 9 heteroatoms. The Morgan fingerprint density at radius 1 is 0.865 bits per heavy atom. The molecule has 1 aliphatic heterocycles. The molecule has 190 valence electrons. The van der Waals surface area contributed by atoms with E-state index in [1.165, 1.54) is 21.3 Å². The smallest absolute Gasteiger partial charge is 0.344 e. The largest absolute Gasteiger partial charge is 0.497 e. The standard InChI is InChI=1S/C28H25NO8/c1-32-17-11-9-15(10-12-17)22-23-24(18-7-5-6-8-19(18)36-28(23)31)37-26(22)27(30)29-16-13-20(33-2)25(35-4)21(14-16)34-3/h5-14,22,26H,1-4H3,(H,29,30)/t22-,26+/m1/s1. The van der Waals surface area contributed by atoms with E-state index in [1.807, 2.05) is 6.07 Å². The molecule has 0 bridgehead atoms. The summed E-state index contributed by atoms with van der Waals surface area (Å²) in [5.74, 6) is 0.952. The number of nitrogens with one attached hydrogen (secondary N) is 1. The summed E-state index contributed by atoms with van der Waals surface area (Å²) in [5, 5.41) is 3.48. The first-order valence-corrected chi connectivity index (χ1v) is 11.5. The first-order chi connectivity index (χ1) is 18.0. The average molecular weight is 504 g/mol. The van der Waals surface area contributed by atoms with E-state index < -0.39 is 23.6 Å². The van der Waals surface area contributed by atoms with Crippen LogP contribution in [0.5, 0.6) is 28.7 Å². The molecule has 1 N–H and O–H groups in total. The maximum atomic E-state index is 13.7. The van der Waals surface area contributed by atoms with E-state index in [1.54, 1.807) is 61.7 Å². The quantitative estimate of drug-likeness (QED) is 0.371. The second kappa shape index (κ2) is 9.77. The zero-order chi connectivity index (χ0) is 26.1. The lowest BCUT2D eigenvalue weighted by atomic mass is 9.88. The molecule has 5 rings (SSSR count). The number of carbonyl (C=O) groups excluding carboxylic acids is 1. The number of methoxy groups -OCH3 is 4. The van der Waals surface area contributed by atoms with Gasteiger partial charge in [0, 0.05) is 17.8 Å². The van der Waals surface area contributed by atoms with Gasteiger partial charge in [0.1, 0.15) is 17.1 Å². The van der Waals surface area contributed by atoms with Crippen LogP contribution in [0.4, 0.5) is 5.69 Å². The van der Waals surface area contributed by atoms with Crippen molar-refractivity contribution in [2.24, 2.45) is 0 Å². The van der Waals surface area contributed by atoms with Crippen molar-refractivity contribution in [2.45, 2.75) is 12.0 Å². The van der Waals surface area contributed by atoms with Gasteiger partial charge < -0.3 is 33.4 Å². The molecule has 0 unspecified atom stereocenters. The molecule has 1 aliphatic rings. The van der Waals surface area contributed by atoms with Crippen LogP contribution in [-0.2, 0) is 4.79 Å². The molecule has 4 aromatic rings. The molecule has 0 fully saturated rings. The lowest BCUT2D eigenvalue weighted by Crippen LogP contribution is -2.35. The Hall–Kier alpha value is -4.66. The van der Waals surface area contributed by atoms with E-state index >= 15 is 0 Å². The van der Waals surface area contributed by atoms with Gasteiger partial charge in [-0.2, -0.15) is 0 Å². The van der Waals surface area contributed by atoms with Crippen molar-refractivity contribution in [3.63, 3.8) is 0 Å². The average Bonchev–Trinajstić information content (AvgIpc) is 3.34. The Kier molecular flexibility index (Phi) is 6.35. The number of ether oxygens (including phenoxy) is 5. The normalized spacial score (nSPS) is 16.0. The third kappa shape index (κ3) is 4.18. The van der Waals surface area contributed by atoms with Crippen LogP contribution >= 0.6 is 0 Å². The van der Waals surface area contributed by atoms with Gasteiger partial charge in [0.2, 0.25) is 5.75 Å². The number of fused-ring (bicyclic) bond motifs is 3. The van der Waals surface area contributed by atoms with Gasteiger partial charge in [-0.25, -0.2) is 4.79 Å². The number of carbonyl (C=O) groups is 1. The Bertz CT molecular complexity index is 1500. The summed E-state index contributed by atoms with van der Waals surface area (Å²) in [6.45, 7) is 0. The Balaban J connectivity index is 1.59. The monoisotopic (exact) mass is 503 g/mol. The zero-order valence-corrected chi connectivity index (χ0v) is 20.7. The van der Waals surface area contributed by atoms with E-state index in [4.69, 9.17) is 28.1 Å². The first kappa shape index (κ1) is 24.1. The number of anilines is 1. The molecule has 1 amide bonds. The number of rotatable bonds is 7. The maximum absolute atomic E-state index is 13.7. The van der Waals surface area contributed by atoms with Crippen molar-refractivity contribution in [3.05, 3.63) is 82.2 Å². The van der Waals surface area contributed by atoms with E-state index in [0.717, 1.165) is 0 Å². The van der Waals surface area contributed by atoms with Crippen LogP contribution in [0, 0.1) is 0 Å². The highest BCUT2D eigenvalue weighted by molar-refractivity contribution is 5.98. The van der Waals surface area contributed by atoms with Crippen LogP contribution < -0.4 is 34.6 Å². The summed E-state index contributed by atoms with van der Waals surface area (Å²) >= 11 is 0. The summed E-state index contributed by atoms with van der Waals surface area (Å²) in [5.41, 5.74) is 1.22. The highest BCUT2D eigenvalue weighted by Crippen LogP contribution is 2.45. The van der Waals surface area contributed by atoms with Gasteiger partial charge in [-0.1, -0.05) is 24.3 Å². The van der Waals surface area contributed by atoms with E-state index in [0.29, 0.717) is 51.0 Å². The van der Waals surface area contributed by atoms with Crippen molar-refractivity contribution >= 4 is 22.6 Å². The van der Waals surface area contributed by atoms with Gasteiger partial charge in [0.15, 0.2) is 17.6 Å². The second-order valence-electron chi connectivity index (χ2n) is 8.32. The Labute approximate surface area is 212 Å². The lowest BCUT2D eigenvalue weighted by molar-refractivity contribution is -0.122. The van der Waals surface area contributed by atoms with Crippen LogP contribution in [0.25, 0.3) is 11.0 Å². The lowest BCUT2D eigenvalue weighted by Gasteiger charge is -2.20. The Morgan fingerprint density at radius 2 is 1.54 bits per heavy atom. The molecule has 0 saturated carbocycles. The summed E-state index contributed by atoms with van der Waals surface area (Å²) in [6, 6.07) is 17.4. The van der Waals surface area contributed by atoms with Gasteiger partial charge in [0.25, 0.3) is 5.91 Å². The highest BCUT2D eigenvalue weighted by atomic mass is 16.5. The first-order valence-electron chi connectivity index (χ1n) is 11.5. The predicted molar refractivity (Wildman–Crippen MR) is 136 cm³/mol. The van der Waals surface area contributed by atoms with Crippen molar-refractivity contribution in [1.29, 1.82) is 0 Å². The molecule has 3 aromatic carbocycles. The van der Waals surface area contributed by atoms with E-state index in [9.17, 15) is 9.59 Å². The van der Waals surface area contributed by atoms with Gasteiger partial charge in [-0.05, 0) is 29.8 Å². The topological polar surface area (TPSA) is 105 Å². The minimum absolute atomic E-state index is 0.286. The molecule has 2 atom stereocenters. The van der Waals surface area contributed by atoms with Crippen LogP contribution in [0.2, 0.25) is 0 Å². The van der Waals surface area contributed by atoms with Crippen molar-refractivity contribution in [2.75, 3.05) is 33.8 Å². The number of hydrogen-bond acceptors (Lipinski definition) is 8.